The van der Waals surface area contributed by atoms with Crippen molar-refractivity contribution in [3.63, 3.8) is 0 Å². The minimum atomic E-state index is -0.116. The fourth-order valence-corrected chi connectivity index (χ4v) is 3.81. The van der Waals surface area contributed by atoms with Gasteiger partial charge in [0.15, 0.2) is 0 Å². The van der Waals surface area contributed by atoms with Gasteiger partial charge in [0.2, 0.25) is 0 Å². The Hall–Kier alpha value is -1.17. The van der Waals surface area contributed by atoms with E-state index in [1.807, 2.05) is 24.9 Å². The maximum Gasteiger partial charge on any atom is 0.319 e. The number of nitrogens with zero attached hydrogens (tertiary/aromatic N) is 2. The molecule has 2 N–H and O–H groups in total. The first kappa shape index (κ1) is 15.2. The van der Waals surface area contributed by atoms with E-state index in [0.29, 0.717) is 5.25 Å². The summed E-state index contributed by atoms with van der Waals surface area (Å²) in [5.74, 6) is 1.10. The lowest BCUT2D eigenvalue weighted by atomic mass is 9.95. The summed E-state index contributed by atoms with van der Waals surface area (Å²) in [6.45, 7) is 5.00. The Bertz CT molecular complexity index is 433. The smallest absolute Gasteiger partial charge is 0.319 e. The zero-order valence-corrected chi connectivity index (χ0v) is 13.1. The molecule has 1 saturated carbocycles. The van der Waals surface area contributed by atoms with E-state index < -0.39 is 0 Å². The largest absolute Gasteiger partial charge is 0.334 e. The van der Waals surface area contributed by atoms with Gasteiger partial charge in [-0.25, -0.2) is 4.79 Å². The summed E-state index contributed by atoms with van der Waals surface area (Å²) in [4.78, 5) is 12.1. The number of urea groups is 1. The number of hydrogen-bond donors (Lipinski definition) is 2. The van der Waals surface area contributed by atoms with Gasteiger partial charge in [0.1, 0.15) is 0 Å². The second kappa shape index (κ2) is 7.57. The molecule has 2 amide bonds. The predicted molar refractivity (Wildman–Crippen MR) is 84.2 cm³/mol. The van der Waals surface area contributed by atoms with Crippen molar-refractivity contribution < 1.29 is 4.79 Å². The van der Waals surface area contributed by atoms with Crippen LogP contribution >= 0.6 is 11.8 Å². The molecule has 0 radical (unpaired) electrons. The standard InChI is InChI=1S/C14H24N4OS/c1-3-18-10-11(9-15-18)16-14(19)17-12-7-5-6-8-13(12)20-4-2/h9-10,12-13H,3-8H2,1-2H3,(H2,16,17,19)/t12-,13+/m0/s1. The lowest BCUT2D eigenvalue weighted by Gasteiger charge is -2.31. The number of rotatable bonds is 5. The molecule has 1 heterocycles. The fraction of sp³-hybridized carbons (Fsp3) is 0.714. The first-order valence-electron chi connectivity index (χ1n) is 7.44. The van der Waals surface area contributed by atoms with Crippen LogP contribution in [0.2, 0.25) is 0 Å². The summed E-state index contributed by atoms with van der Waals surface area (Å²) < 4.78 is 1.80. The molecule has 0 aromatic carbocycles. The van der Waals surface area contributed by atoms with Crippen LogP contribution in [0.3, 0.4) is 0 Å². The molecule has 1 aromatic rings. The van der Waals surface area contributed by atoms with E-state index in [1.54, 1.807) is 10.9 Å². The molecule has 112 valence electrons. The normalized spacial score (nSPS) is 22.5. The van der Waals surface area contributed by atoms with Crippen molar-refractivity contribution in [2.24, 2.45) is 0 Å². The highest BCUT2D eigenvalue weighted by atomic mass is 32.2. The van der Waals surface area contributed by atoms with Crippen LogP contribution in [0.1, 0.15) is 39.5 Å². The number of thioether (sulfide) groups is 1. The molecule has 1 aromatic heterocycles. The Balaban J connectivity index is 1.85. The van der Waals surface area contributed by atoms with Crippen LogP contribution in [0.25, 0.3) is 0 Å². The van der Waals surface area contributed by atoms with Crippen molar-refractivity contribution in [1.29, 1.82) is 0 Å². The third-order valence-corrected chi connectivity index (χ3v) is 4.94. The Morgan fingerprint density at radius 1 is 1.45 bits per heavy atom. The number of hydrogen-bond acceptors (Lipinski definition) is 3. The van der Waals surface area contributed by atoms with Crippen molar-refractivity contribution >= 4 is 23.5 Å². The number of aryl methyl sites for hydroxylation is 1. The Kier molecular flexibility index (Phi) is 5.76. The van der Waals surface area contributed by atoms with E-state index >= 15 is 0 Å². The van der Waals surface area contributed by atoms with Crippen LogP contribution in [0.4, 0.5) is 10.5 Å². The molecule has 1 fully saturated rings. The van der Waals surface area contributed by atoms with E-state index in [0.717, 1.165) is 24.4 Å². The molecular weight excluding hydrogens is 272 g/mol. The number of carbonyl (C=O) groups is 1. The van der Waals surface area contributed by atoms with Gasteiger partial charge in [0, 0.05) is 24.0 Å². The summed E-state index contributed by atoms with van der Waals surface area (Å²) >= 11 is 1.96. The molecule has 20 heavy (non-hydrogen) atoms. The maximum atomic E-state index is 12.1. The number of nitrogens with one attached hydrogen (secondary N) is 2. The highest BCUT2D eigenvalue weighted by Crippen LogP contribution is 2.28. The van der Waals surface area contributed by atoms with E-state index in [9.17, 15) is 4.79 Å². The van der Waals surface area contributed by atoms with Crippen molar-refractivity contribution in [2.75, 3.05) is 11.1 Å². The topological polar surface area (TPSA) is 59.0 Å². The van der Waals surface area contributed by atoms with E-state index in [1.165, 1.54) is 19.3 Å². The quantitative estimate of drug-likeness (QED) is 0.878. The Morgan fingerprint density at radius 2 is 2.25 bits per heavy atom. The lowest BCUT2D eigenvalue weighted by Crippen LogP contribution is -2.45. The van der Waals surface area contributed by atoms with Crippen LogP contribution in [0.15, 0.2) is 12.4 Å². The highest BCUT2D eigenvalue weighted by Gasteiger charge is 2.26. The van der Waals surface area contributed by atoms with Gasteiger partial charge in [-0.2, -0.15) is 16.9 Å². The summed E-state index contributed by atoms with van der Waals surface area (Å²) in [7, 11) is 0. The fourth-order valence-electron chi connectivity index (χ4n) is 2.61. The van der Waals surface area contributed by atoms with Crippen LogP contribution in [-0.4, -0.2) is 32.9 Å². The monoisotopic (exact) mass is 296 g/mol. The predicted octanol–water partition coefficient (Wildman–Crippen LogP) is 3.09. The number of anilines is 1. The molecule has 0 spiro atoms. The van der Waals surface area contributed by atoms with Gasteiger partial charge in [0.05, 0.1) is 11.9 Å². The molecule has 0 bridgehead atoms. The molecule has 2 rings (SSSR count). The average molecular weight is 296 g/mol. The van der Waals surface area contributed by atoms with Crippen molar-refractivity contribution in [1.82, 2.24) is 15.1 Å². The lowest BCUT2D eigenvalue weighted by molar-refractivity contribution is 0.245. The first-order valence-corrected chi connectivity index (χ1v) is 8.49. The van der Waals surface area contributed by atoms with Crippen LogP contribution < -0.4 is 10.6 Å². The molecule has 0 aliphatic heterocycles. The van der Waals surface area contributed by atoms with Crippen molar-refractivity contribution in [3.8, 4) is 0 Å². The molecule has 1 aliphatic carbocycles. The van der Waals surface area contributed by atoms with E-state index in [-0.39, 0.29) is 12.1 Å². The minimum Gasteiger partial charge on any atom is -0.334 e. The third kappa shape index (κ3) is 4.16. The molecule has 5 nitrogen and oxygen atoms in total. The highest BCUT2D eigenvalue weighted by molar-refractivity contribution is 7.99. The zero-order valence-electron chi connectivity index (χ0n) is 12.3. The second-order valence-corrected chi connectivity index (χ2v) is 6.58. The van der Waals surface area contributed by atoms with E-state index in [4.69, 9.17) is 0 Å². The molecule has 0 unspecified atom stereocenters. The van der Waals surface area contributed by atoms with Gasteiger partial charge >= 0.3 is 6.03 Å². The van der Waals surface area contributed by atoms with Gasteiger partial charge in [-0.1, -0.05) is 19.8 Å². The first-order chi connectivity index (χ1) is 9.72. The van der Waals surface area contributed by atoms with Gasteiger partial charge < -0.3 is 10.6 Å². The number of aromatic nitrogens is 2. The molecule has 0 saturated heterocycles. The Morgan fingerprint density at radius 3 is 2.95 bits per heavy atom. The molecule has 6 heteroatoms. The maximum absolute atomic E-state index is 12.1. The third-order valence-electron chi connectivity index (χ3n) is 3.61. The van der Waals surface area contributed by atoms with Gasteiger partial charge in [-0.15, -0.1) is 0 Å². The summed E-state index contributed by atoms with van der Waals surface area (Å²) in [5, 5.41) is 10.7. The van der Waals surface area contributed by atoms with Gasteiger partial charge in [-0.05, 0) is 25.5 Å². The summed E-state index contributed by atoms with van der Waals surface area (Å²) in [5.41, 5.74) is 0.750. The zero-order chi connectivity index (χ0) is 14.4. The van der Waals surface area contributed by atoms with Gasteiger partial charge in [0.25, 0.3) is 0 Å². The van der Waals surface area contributed by atoms with Gasteiger partial charge in [-0.3, -0.25) is 4.68 Å². The average Bonchev–Trinajstić information content (AvgIpc) is 2.89. The summed E-state index contributed by atoms with van der Waals surface area (Å²) in [6, 6.07) is 0.171. The van der Waals surface area contributed by atoms with Crippen molar-refractivity contribution in [2.45, 2.75) is 57.4 Å². The summed E-state index contributed by atoms with van der Waals surface area (Å²) in [6.07, 6.45) is 8.30. The number of carbonyl (C=O) groups excluding carboxylic acids is 1. The molecular formula is C14H24N4OS. The molecule has 1 aliphatic rings. The van der Waals surface area contributed by atoms with Crippen molar-refractivity contribution in [3.05, 3.63) is 12.4 Å². The van der Waals surface area contributed by atoms with Crippen LogP contribution in [0, 0.1) is 0 Å². The molecule has 2 atom stereocenters. The Labute approximate surface area is 124 Å². The number of amides is 2. The van der Waals surface area contributed by atoms with E-state index in [2.05, 4.69) is 22.7 Å². The SMILES string of the molecule is CCS[C@@H]1CCCC[C@@H]1NC(=O)Nc1cnn(CC)c1. The van der Waals surface area contributed by atoms with Crippen LogP contribution in [0.5, 0.6) is 0 Å². The van der Waals surface area contributed by atoms with Crippen LogP contribution in [-0.2, 0) is 6.54 Å². The minimum absolute atomic E-state index is 0.116. The second-order valence-electron chi connectivity index (χ2n) is 5.07.